The Morgan fingerprint density at radius 2 is 0.944 bits per heavy atom. The standard InChI is InChI=1S/C12H26O4S2/c1-13-5-9-17-11-7-15-3-4-16-8-12-18-10-6-14-2/h3-12H2,1-2H3. The monoisotopic (exact) mass is 298 g/mol. The summed E-state index contributed by atoms with van der Waals surface area (Å²) in [6, 6.07) is 0. The van der Waals surface area contributed by atoms with Crippen LogP contribution in [0.15, 0.2) is 0 Å². The van der Waals surface area contributed by atoms with Crippen molar-refractivity contribution in [2.45, 2.75) is 0 Å². The van der Waals surface area contributed by atoms with Crippen LogP contribution in [-0.4, -0.2) is 76.9 Å². The molecule has 4 nitrogen and oxygen atoms in total. The molecule has 0 bridgehead atoms. The summed E-state index contributed by atoms with van der Waals surface area (Å²) in [7, 11) is 3.45. The number of hydrogen-bond donors (Lipinski definition) is 0. The van der Waals surface area contributed by atoms with Gasteiger partial charge in [0.15, 0.2) is 0 Å². The van der Waals surface area contributed by atoms with Crippen LogP contribution >= 0.6 is 23.5 Å². The van der Waals surface area contributed by atoms with Gasteiger partial charge < -0.3 is 18.9 Å². The Balaban J connectivity index is 2.86. The summed E-state index contributed by atoms with van der Waals surface area (Å²) < 4.78 is 20.8. The molecular weight excluding hydrogens is 272 g/mol. The number of ether oxygens (including phenoxy) is 4. The first-order chi connectivity index (χ1) is 8.91. The topological polar surface area (TPSA) is 36.9 Å². The van der Waals surface area contributed by atoms with Crippen LogP contribution in [0.25, 0.3) is 0 Å². The van der Waals surface area contributed by atoms with E-state index in [1.54, 1.807) is 14.2 Å². The van der Waals surface area contributed by atoms with Crippen molar-refractivity contribution in [1.82, 2.24) is 0 Å². The van der Waals surface area contributed by atoms with E-state index in [0.717, 1.165) is 49.4 Å². The van der Waals surface area contributed by atoms with E-state index in [-0.39, 0.29) is 0 Å². The lowest BCUT2D eigenvalue weighted by molar-refractivity contribution is 0.0604. The van der Waals surface area contributed by atoms with Crippen LogP contribution in [0.5, 0.6) is 0 Å². The number of hydrogen-bond acceptors (Lipinski definition) is 6. The van der Waals surface area contributed by atoms with E-state index in [1.165, 1.54) is 0 Å². The summed E-state index contributed by atoms with van der Waals surface area (Å²) >= 11 is 3.70. The molecule has 0 aromatic rings. The highest BCUT2D eigenvalue weighted by Gasteiger charge is 1.93. The van der Waals surface area contributed by atoms with Gasteiger partial charge in [-0.25, -0.2) is 0 Å². The molecule has 0 aliphatic carbocycles. The van der Waals surface area contributed by atoms with Crippen LogP contribution in [0.4, 0.5) is 0 Å². The maximum atomic E-state index is 5.45. The van der Waals surface area contributed by atoms with E-state index < -0.39 is 0 Å². The molecule has 0 spiro atoms. The Labute approximate surface area is 119 Å². The van der Waals surface area contributed by atoms with E-state index in [2.05, 4.69) is 0 Å². The van der Waals surface area contributed by atoms with Crippen molar-refractivity contribution in [2.75, 3.05) is 76.9 Å². The normalized spacial score (nSPS) is 11.0. The summed E-state index contributed by atoms with van der Waals surface area (Å²) in [5.41, 5.74) is 0. The fourth-order valence-corrected chi connectivity index (χ4v) is 2.50. The SMILES string of the molecule is COCCSCCOCCOCCSCCOC. The molecule has 0 fully saturated rings. The van der Waals surface area contributed by atoms with Crippen LogP contribution in [0, 0.1) is 0 Å². The van der Waals surface area contributed by atoms with Crippen LogP contribution in [-0.2, 0) is 18.9 Å². The summed E-state index contributed by atoms with van der Waals surface area (Å²) in [5.74, 6) is 4.12. The third kappa shape index (κ3) is 16.5. The number of methoxy groups -OCH3 is 2. The summed E-state index contributed by atoms with van der Waals surface area (Å²) in [4.78, 5) is 0. The van der Waals surface area contributed by atoms with Crippen LogP contribution in [0.2, 0.25) is 0 Å². The average molecular weight is 298 g/mol. The quantitative estimate of drug-likeness (QED) is 0.429. The Hall–Kier alpha value is 0.540. The zero-order valence-corrected chi connectivity index (χ0v) is 13.2. The molecule has 0 atom stereocenters. The maximum Gasteiger partial charge on any atom is 0.0700 e. The second kappa shape index (κ2) is 17.5. The molecule has 6 heteroatoms. The largest absolute Gasteiger partial charge is 0.384 e. The fraction of sp³-hybridized carbons (Fsp3) is 1.00. The first-order valence-corrected chi connectivity index (χ1v) is 8.51. The number of thioether (sulfide) groups is 2. The minimum Gasteiger partial charge on any atom is -0.384 e. The van der Waals surface area contributed by atoms with Gasteiger partial charge in [-0.1, -0.05) is 0 Å². The van der Waals surface area contributed by atoms with Crippen molar-refractivity contribution < 1.29 is 18.9 Å². The second-order valence-corrected chi connectivity index (χ2v) is 5.88. The molecular formula is C12H26O4S2. The molecule has 0 saturated carbocycles. The summed E-state index contributed by atoms with van der Waals surface area (Å²) in [5, 5.41) is 0. The third-order valence-corrected chi connectivity index (χ3v) is 3.80. The zero-order chi connectivity index (χ0) is 13.3. The van der Waals surface area contributed by atoms with Crippen molar-refractivity contribution in [3.63, 3.8) is 0 Å². The Morgan fingerprint density at radius 3 is 1.33 bits per heavy atom. The van der Waals surface area contributed by atoms with Crippen molar-refractivity contribution in [3.05, 3.63) is 0 Å². The first kappa shape index (κ1) is 18.5. The highest BCUT2D eigenvalue weighted by atomic mass is 32.2. The molecule has 0 unspecified atom stereocenters. The van der Waals surface area contributed by atoms with Crippen molar-refractivity contribution in [1.29, 1.82) is 0 Å². The first-order valence-electron chi connectivity index (χ1n) is 6.20. The van der Waals surface area contributed by atoms with Crippen molar-refractivity contribution in [2.24, 2.45) is 0 Å². The van der Waals surface area contributed by atoms with E-state index in [1.807, 2.05) is 23.5 Å². The Kier molecular flexibility index (Phi) is 18.1. The minimum atomic E-state index is 0.688. The lowest BCUT2D eigenvalue weighted by Gasteiger charge is -2.06. The summed E-state index contributed by atoms with van der Waals surface area (Å²) in [6.07, 6.45) is 0. The zero-order valence-electron chi connectivity index (χ0n) is 11.5. The van der Waals surface area contributed by atoms with Crippen LogP contribution in [0.1, 0.15) is 0 Å². The Morgan fingerprint density at radius 1 is 0.556 bits per heavy atom. The van der Waals surface area contributed by atoms with Crippen LogP contribution in [0.3, 0.4) is 0 Å². The molecule has 0 aliphatic heterocycles. The van der Waals surface area contributed by atoms with Gasteiger partial charge in [0.2, 0.25) is 0 Å². The molecule has 0 aliphatic rings. The van der Waals surface area contributed by atoms with Crippen LogP contribution < -0.4 is 0 Å². The molecule has 0 aromatic carbocycles. The minimum absolute atomic E-state index is 0.688. The fourth-order valence-electron chi connectivity index (χ4n) is 1.05. The van der Waals surface area contributed by atoms with E-state index in [4.69, 9.17) is 18.9 Å². The van der Waals surface area contributed by atoms with Gasteiger partial charge in [-0.15, -0.1) is 0 Å². The number of rotatable bonds is 15. The second-order valence-electron chi connectivity index (χ2n) is 3.44. The van der Waals surface area contributed by atoms with Gasteiger partial charge in [0, 0.05) is 37.2 Å². The van der Waals surface area contributed by atoms with Gasteiger partial charge in [-0.2, -0.15) is 23.5 Å². The molecule has 0 aromatic heterocycles. The molecule has 0 amide bonds. The molecule has 18 heavy (non-hydrogen) atoms. The molecule has 0 heterocycles. The third-order valence-electron chi connectivity index (χ3n) is 1.98. The lowest BCUT2D eigenvalue weighted by atomic mass is 10.7. The van der Waals surface area contributed by atoms with Crippen molar-refractivity contribution >= 4 is 23.5 Å². The van der Waals surface area contributed by atoms with Gasteiger partial charge in [0.25, 0.3) is 0 Å². The average Bonchev–Trinajstić information content (AvgIpc) is 2.39. The van der Waals surface area contributed by atoms with E-state index in [0.29, 0.717) is 13.2 Å². The molecule has 0 radical (unpaired) electrons. The lowest BCUT2D eigenvalue weighted by Crippen LogP contribution is -2.09. The molecule has 0 rings (SSSR count). The van der Waals surface area contributed by atoms with E-state index in [9.17, 15) is 0 Å². The molecule has 110 valence electrons. The molecule has 0 N–H and O–H groups in total. The summed E-state index contributed by atoms with van der Waals surface area (Å²) in [6.45, 7) is 4.59. The predicted octanol–water partition coefficient (Wildman–Crippen LogP) is 1.78. The predicted molar refractivity (Wildman–Crippen MR) is 80.0 cm³/mol. The van der Waals surface area contributed by atoms with Gasteiger partial charge >= 0.3 is 0 Å². The Bertz CT molecular complexity index is 134. The van der Waals surface area contributed by atoms with Gasteiger partial charge in [-0.3, -0.25) is 0 Å². The smallest absolute Gasteiger partial charge is 0.0700 e. The maximum absolute atomic E-state index is 5.45. The highest BCUT2D eigenvalue weighted by molar-refractivity contribution is 7.99. The highest BCUT2D eigenvalue weighted by Crippen LogP contribution is 2.00. The van der Waals surface area contributed by atoms with Crippen molar-refractivity contribution in [3.8, 4) is 0 Å². The van der Waals surface area contributed by atoms with Gasteiger partial charge in [0.05, 0.1) is 39.6 Å². The van der Waals surface area contributed by atoms with Gasteiger partial charge in [-0.05, 0) is 0 Å². The molecule has 0 saturated heterocycles. The van der Waals surface area contributed by atoms with E-state index >= 15 is 0 Å². The van der Waals surface area contributed by atoms with Gasteiger partial charge in [0.1, 0.15) is 0 Å².